The Morgan fingerprint density at radius 1 is 1.33 bits per heavy atom. The van der Waals surface area contributed by atoms with Crippen molar-refractivity contribution in [2.75, 3.05) is 7.05 Å². The molecule has 1 amide bonds. The van der Waals surface area contributed by atoms with Gasteiger partial charge in [0.1, 0.15) is 0 Å². The van der Waals surface area contributed by atoms with E-state index in [1.54, 1.807) is 7.05 Å². The molecule has 0 bridgehead atoms. The Morgan fingerprint density at radius 2 is 2.07 bits per heavy atom. The SMILES string of the molecule is CN=C1NC(=O)/C(=C\c2ccccc2)S1. The van der Waals surface area contributed by atoms with E-state index in [-0.39, 0.29) is 5.91 Å². The molecule has 2 rings (SSSR count). The van der Waals surface area contributed by atoms with E-state index < -0.39 is 0 Å². The molecule has 1 aromatic carbocycles. The summed E-state index contributed by atoms with van der Waals surface area (Å²) < 4.78 is 0. The topological polar surface area (TPSA) is 41.5 Å². The molecule has 0 saturated carbocycles. The van der Waals surface area contributed by atoms with E-state index in [9.17, 15) is 4.79 Å². The van der Waals surface area contributed by atoms with Gasteiger partial charge in [-0.3, -0.25) is 9.79 Å². The van der Waals surface area contributed by atoms with E-state index in [0.29, 0.717) is 10.1 Å². The Kier molecular flexibility index (Phi) is 2.87. The van der Waals surface area contributed by atoms with Gasteiger partial charge in [0.2, 0.25) is 0 Å². The Morgan fingerprint density at radius 3 is 2.67 bits per heavy atom. The molecule has 1 heterocycles. The quantitative estimate of drug-likeness (QED) is 0.731. The molecule has 4 heteroatoms. The number of hydrogen-bond donors (Lipinski definition) is 1. The third-order valence-corrected chi connectivity index (χ3v) is 2.95. The number of amides is 1. The standard InChI is InChI=1S/C11H10N2OS/c1-12-11-13-10(14)9(15-11)7-8-5-3-2-4-6-8/h2-7H,1H3,(H,12,13,14)/b9-7+. The van der Waals surface area contributed by atoms with E-state index in [1.807, 2.05) is 36.4 Å². The van der Waals surface area contributed by atoms with E-state index in [4.69, 9.17) is 0 Å². The molecule has 15 heavy (non-hydrogen) atoms. The molecule has 1 aliphatic heterocycles. The van der Waals surface area contributed by atoms with Gasteiger partial charge >= 0.3 is 0 Å². The Hall–Kier alpha value is -1.55. The Bertz CT molecular complexity index is 437. The minimum Gasteiger partial charge on any atom is -0.301 e. The van der Waals surface area contributed by atoms with Crippen molar-refractivity contribution in [3.63, 3.8) is 0 Å². The molecule has 0 unspecified atom stereocenters. The largest absolute Gasteiger partial charge is 0.301 e. The van der Waals surface area contributed by atoms with Gasteiger partial charge in [-0.2, -0.15) is 0 Å². The summed E-state index contributed by atoms with van der Waals surface area (Å²) in [6, 6.07) is 9.75. The predicted octanol–water partition coefficient (Wildman–Crippen LogP) is 1.88. The number of thioether (sulfide) groups is 1. The first-order chi connectivity index (χ1) is 7.29. The van der Waals surface area contributed by atoms with Crippen LogP contribution in [0, 0.1) is 0 Å². The summed E-state index contributed by atoms with van der Waals surface area (Å²) in [4.78, 5) is 16.1. The minimum absolute atomic E-state index is 0.0792. The molecule has 1 saturated heterocycles. The number of benzene rings is 1. The van der Waals surface area contributed by atoms with Crippen LogP contribution in [0.3, 0.4) is 0 Å². The van der Waals surface area contributed by atoms with Crippen LogP contribution in [0.25, 0.3) is 6.08 Å². The second kappa shape index (κ2) is 4.31. The summed E-state index contributed by atoms with van der Waals surface area (Å²) in [6.07, 6.45) is 1.86. The zero-order valence-corrected chi connectivity index (χ0v) is 9.04. The van der Waals surface area contributed by atoms with E-state index in [2.05, 4.69) is 10.3 Å². The fraction of sp³-hybridized carbons (Fsp3) is 0.0909. The molecule has 0 radical (unpaired) electrons. The molecule has 0 aromatic heterocycles. The lowest BCUT2D eigenvalue weighted by atomic mass is 10.2. The van der Waals surface area contributed by atoms with Gasteiger partial charge < -0.3 is 5.32 Å². The molecule has 0 atom stereocenters. The van der Waals surface area contributed by atoms with Crippen LogP contribution in [0.4, 0.5) is 0 Å². The first-order valence-corrected chi connectivity index (χ1v) is 5.34. The van der Waals surface area contributed by atoms with Gasteiger partial charge in [-0.25, -0.2) is 0 Å². The number of rotatable bonds is 1. The second-order valence-electron chi connectivity index (χ2n) is 3.00. The highest BCUT2D eigenvalue weighted by Gasteiger charge is 2.22. The number of nitrogens with zero attached hydrogens (tertiary/aromatic N) is 1. The Labute approximate surface area is 92.3 Å². The van der Waals surface area contributed by atoms with Crippen molar-refractivity contribution < 1.29 is 4.79 Å². The molecule has 1 aromatic rings. The molecule has 1 aliphatic rings. The molecule has 3 nitrogen and oxygen atoms in total. The van der Waals surface area contributed by atoms with Crippen molar-refractivity contribution >= 4 is 28.9 Å². The number of carbonyl (C=O) groups is 1. The molecule has 0 spiro atoms. The number of aliphatic imine (C=N–C) groups is 1. The fourth-order valence-electron chi connectivity index (χ4n) is 1.23. The Balaban J connectivity index is 2.26. The number of hydrogen-bond acceptors (Lipinski definition) is 3. The average Bonchev–Trinajstić information content (AvgIpc) is 2.61. The van der Waals surface area contributed by atoms with Crippen molar-refractivity contribution in [2.24, 2.45) is 4.99 Å². The number of amidine groups is 1. The van der Waals surface area contributed by atoms with Crippen LogP contribution >= 0.6 is 11.8 Å². The minimum atomic E-state index is -0.0792. The zero-order valence-electron chi connectivity index (χ0n) is 8.23. The fourth-order valence-corrected chi connectivity index (χ4v) is 2.01. The summed E-state index contributed by atoms with van der Waals surface area (Å²) in [5.74, 6) is -0.0792. The van der Waals surface area contributed by atoms with Gasteiger partial charge in [0.15, 0.2) is 5.17 Å². The number of carbonyl (C=O) groups excluding carboxylic acids is 1. The lowest BCUT2D eigenvalue weighted by Crippen LogP contribution is -2.19. The third kappa shape index (κ3) is 2.27. The summed E-state index contributed by atoms with van der Waals surface area (Å²) >= 11 is 1.36. The van der Waals surface area contributed by atoms with E-state index >= 15 is 0 Å². The van der Waals surface area contributed by atoms with Crippen molar-refractivity contribution in [2.45, 2.75) is 0 Å². The van der Waals surface area contributed by atoms with Gasteiger partial charge in [-0.05, 0) is 23.4 Å². The van der Waals surface area contributed by atoms with Gasteiger partial charge in [0.05, 0.1) is 4.91 Å². The normalized spacial score (nSPS) is 21.0. The van der Waals surface area contributed by atoms with E-state index in [0.717, 1.165) is 5.56 Å². The van der Waals surface area contributed by atoms with Crippen LogP contribution in [-0.4, -0.2) is 18.1 Å². The van der Waals surface area contributed by atoms with Crippen molar-refractivity contribution in [1.29, 1.82) is 0 Å². The molecule has 76 valence electrons. The first kappa shape index (κ1) is 9.98. The number of nitrogens with one attached hydrogen (secondary N) is 1. The highest BCUT2D eigenvalue weighted by Crippen LogP contribution is 2.25. The molecule has 1 fully saturated rings. The van der Waals surface area contributed by atoms with Crippen LogP contribution < -0.4 is 5.32 Å². The van der Waals surface area contributed by atoms with Crippen LogP contribution in [0.1, 0.15) is 5.56 Å². The lowest BCUT2D eigenvalue weighted by Gasteiger charge is -1.92. The van der Waals surface area contributed by atoms with Crippen LogP contribution in [-0.2, 0) is 4.79 Å². The maximum Gasteiger partial charge on any atom is 0.264 e. The molecule has 0 aliphatic carbocycles. The monoisotopic (exact) mass is 218 g/mol. The average molecular weight is 218 g/mol. The predicted molar refractivity (Wildman–Crippen MR) is 63.5 cm³/mol. The summed E-state index contributed by atoms with van der Waals surface area (Å²) in [7, 11) is 1.66. The van der Waals surface area contributed by atoms with Crippen LogP contribution in [0.2, 0.25) is 0 Å². The summed E-state index contributed by atoms with van der Waals surface area (Å²) in [5.41, 5.74) is 1.02. The maximum absolute atomic E-state index is 11.5. The lowest BCUT2D eigenvalue weighted by molar-refractivity contribution is -0.115. The summed E-state index contributed by atoms with van der Waals surface area (Å²) in [5, 5.41) is 3.33. The smallest absolute Gasteiger partial charge is 0.264 e. The molecular weight excluding hydrogens is 208 g/mol. The third-order valence-electron chi connectivity index (χ3n) is 1.95. The van der Waals surface area contributed by atoms with Crippen LogP contribution in [0.5, 0.6) is 0 Å². The van der Waals surface area contributed by atoms with Crippen molar-refractivity contribution in [3.8, 4) is 0 Å². The van der Waals surface area contributed by atoms with Gasteiger partial charge in [-0.15, -0.1) is 0 Å². The van der Waals surface area contributed by atoms with Crippen molar-refractivity contribution in [3.05, 3.63) is 40.8 Å². The van der Waals surface area contributed by atoms with Gasteiger partial charge in [-0.1, -0.05) is 30.3 Å². The van der Waals surface area contributed by atoms with Crippen LogP contribution in [0.15, 0.2) is 40.2 Å². The van der Waals surface area contributed by atoms with E-state index in [1.165, 1.54) is 11.8 Å². The first-order valence-electron chi connectivity index (χ1n) is 4.52. The molecule has 1 N–H and O–H groups in total. The zero-order chi connectivity index (χ0) is 10.7. The molecular formula is C11H10N2OS. The summed E-state index contributed by atoms with van der Waals surface area (Å²) in [6.45, 7) is 0. The van der Waals surface area contributed by atoms with Gasteiger partial charge in [0.25, 0.3) is 5.91 Å². The maximum atomic E-state index is 11.5. The highest BCUT2D eigenvalue weighted by molar-refractivity contribution is 8.18. The van der Waals surface area contributed by atoms with Gasteiger partial charge in [0, 0.05) is 7.05 Å². The second-order valence-corrected chi connectivity index (χ2v) is 4.03. The highest BCUT2D eigenvalue weighted by atomic mass is 32.2. The van der Waals surface area contributed by atoms with Crippen molar-refractivity contribution in [1.82, 2.24) is 5.32 Å².